The van der Waals surface area contributed by atoms with E-state index in [0.717, 1.165) is 22.3 Å². The number of rotatable bonds is 2. The molecule has 0 saturated heterocycles. The molecule has 0 radical (unpaired) electrons. The Kier molecular flexibility index (Phi) is 3.48. The van der Waals surface area contributed by atoms with Gasteiger partial charge in [0.2, 0.25) is 0 Å². The van der Waals surface area contributed by atoms with E-state index in [1.807, 2.05) is 28.9 Å². The first kappa shape index (κ1) is 13.2. The zero-order valence-corrected chi connectivity index (χ0v) is 12.2. The van der Waals surface area contributed by atoms with Crippen LogP contribution in [0.4, 0.5) is 0 Å². The van der Waals surface area contributed by atoms with E-state index in [1.165, 1.54) is 12.5 Å². The molecule has 1 aliphatic rings. The molecule has 1 atom stereocenters. The largest absolute Gasteiger partial charge is 0.460 e. The molecule has 5 nitrogen and oxygen atoms in total. The Hall–Kier alpha value is -1.82. The van der Waals surface area contributed by atoms with Gasteiger partial charge < -0.3 is 4.74 Å². The van der Waals surface area contributed by atoms with Crippen molar-refractivity contribution in [3.63, 3.8) is 0 Å². The number of hydrogen-bond acceptors (Lipinski definition) is 5. The molecule has 0 bridgehead atoms. The van der Waals surface area contributed by atoms with Crippen molar-refractivity contribution in [3.8, 4) is 11.4 Å². The number of benzene rings is 1. The highest BCUT2D eigenvalue weighted by molar-refractivity contribution is 7.99. The van der Waals surface area contributed by atoms with Crippen molar-refractivity contribution in [3.05, 3.63) is 29.8 Å². The first-order chi connectivity index (χ1) is 9.61. The van der Waals surface area contributed by atoms with Crippen LogP contribution in [0.2, 0.25) is 0 Å². The van der Waals surface area contributed by atoms with Crippen LogP contribution >= 0.6 is 11.8 Å². The molecule has 1 unspecified atom stereocenters. The SMILES string of the molecule is CC(=O)OC1CSc2nc(-c3ccc(C)cc3)nn2C1. The van der Waals surface area contributed by atoms with Crippen LogP contribution in [-0.2, 0) is 16.1 Å². The number of thioether (sulfide) groups is 1. The summed E-state index contributed by atoms with van der Waals surface area (Å²) in [7, 11) is 0. The molecule has 2 heterocycles. The van der Waals surface area contributed by atoms with Crippen molar-refractivity contribution in [1.29, 1.82) is 0 Å². The highest BCUT2D eigenvalue weighted by Crippen LogP contribution is 2.27. The molecule has 0 fully saturated rings. The highest BCUT2D eigenvalue weighted by Gasteiger charge is 2.24. The standard InChI is InChI=1S/C14H15N3O2S/c1-9-3-5-11(6-4-9)13-15-14-17(16-13)7-12(8-20-14)19-10(2)18/h3-6,12H,7-8H2,1-2H3. The number of esters is 1. The summed E-state index contributed by atoms with van der Waals surface area (Å²) >= 11 is 1.57. The predicted molar refractivity (Wildman–Crippen MR) is 76.5 cm³/mol. The molecule has 0 saturated carbocycles. The smallest absolute Gasteiger partial charge is 0.302 e. The van der Waals surface area contributed by atoms with E-state index in [0.29, 0.717) is 6.54 Å². The van der Waals surface area contributed by atoms with Gasteiger partial charge in [0.15, 0.2) is 11.0 Å². The van der Waals surface area contributed by atoms with Gasteiger partial charge in [-0.1, -0.05) is 41.6 Å². The van der Waals surface area contributed by atoms with Crippen LogP contribution in [0, 0.1) is 6.92 Å². The minimum absolute atomic E-state index is 0.127. The second-order valence-electron chi connectivity index (χ2n) is 4.81. The zero-order chi connectivity index (χ0) is 14.1. The minimum Gasteiger partial charge on any atom is -0.460 e. The number of aromatic nitrogens is 3. The van der Waals surface area contributed by atoms with Crippen molar-refractivity contribution >= 4 is 17.7 Å². The van der Waals surface area contributed by atoms with Gasteiger partial charge in [0.25, 0.3) is 0 Å². The van der Waals surface area contributed by atoms with Crippen LogP contribution in [0.25, 0.3) is 11.4 Å². The summed E-state index contributed by atoms with van der Waals surface area (Å²) in [6.45, 7) is 4.05. The molecule has 3 rings (SSSR count). The maximum absolute atomic E-state index is 11.0. The van der Waals surface area contributed by atoms with Crippen molar-refractivity contribution in [1.82, 2.24) is 14.8 Å². The highest BCUT2D eigenvalue weighted by atomic mass is 32.2. The summed E-state index contributed by atoms with van der Waals surface area (Å²) in [5.74, 6) is 1.19. The molecule has 104 valence electrons. The van der Waals surface area contributed by atoms with E-state index >= 15 is 0 Å². The number of nitrogens with zero attached hydrogens (tertiary/aromatic N) is 3. The van der Waals surface area contributed by atoms with Gasteiger partial charge in [-0.3, -0.25) is 4.79 Å². The van der Waals surface area contributed by atoms with E-state index in [-0.39, 0.29) is 12.1 Å². The quantitative estimate of drug-likeness (QED) is 0.794. The molecular weight excluding hydrogens is 274 g/mol. The summed E-state index contributed by atoms with van der Waals surface area (Å²) in [6.07, 6.45) is -0.127. The van der Waals surface area contributed by atoms with Crippen molar-refractivity contribution in [2.75, 3.05) is 5.75 Å². The molecule has 2 aromatic rings. The molecular formula is C14H15N3O2S. The average Bonchev–Trinajstić information content (AvgIpc) is 2.81. The molecule has 1 aromatic carbocycles. The zero-order valence-electron chi connectivity index (χ0n) is 11.4. The predicted octanol–water partition coefficient (Wildman–Crippen LogP) is 2.29. The Morgan fingerprint density at radius 3 is 2.85 bits per heavy atom. The van der Waals surface area contributed by atoms with Crippen LogP contribution in [0.3, 0.4) is 0 Å². The molecule has 0 aliphatic carbocycles. The second-order valence-corrected chi connectivity index (χ2v) is 5.80. The van der Waals surface area contributed by atoms with Gasteiger partial charge in [0, 0.05) is 18.2 Å². The van der Waals surface area contributed by atoms with Gasteiger partial charge in [-0.05, 0) is 6.92 Å². The summed E-state index contributed by atoms with van der Waals surface area (Å²) in [4.78, 5) is 15.5. The molecule has 0 spiro atoms. The number of fused-ring (bicyclic) bond motifs is 1. The van der Waals surface area contributed by atoms with Gasteiger partial charge >= 0.3 is 5.97 Å². The Morgan fingerprint density at radius 2 is 2.15 bits per heavy atom. The fraction of sp³-hybridized carbons (Fsp3) is 0.357. The fourth-order valence-corrected chi connectivity index (χ4v) is 3.02. The third-order valence-electron chi connectivity index (χ3n) is 3.06. The van der Waals surface area contributed by atoms with Crippen LogP contribution < -0.4 is 0 Å². The average molecular weight is 289 g/mol. The molecule has 1 aromatic heterocycles. The summed E-state index contributed by atoms with van der Waals surface area (Å²) < 4.78 is 7.05. The first-order valence-corrected chi connectivity index (χ1v) is 7.42. The van der Waals surface area contributed by atoms with Crippen LogP contribution in [-0.4, -0.2) is 32.6 Å². The lowest BCUT2D eigenvalue weighted by molar-refractivity contribution is -0.146. The Balaban J connectivity index is 1.83. The molecule has 0 amide bonds. The lowest BCUT2D eigenvalue weighted by Crippen LogP contribution is -2.29. The van der Waals surface area contributed by atoms with Crippen LogP contribution in [0.5, 0.6) is 0 Å². The normalized spacial score (nSPS) is 17.6. The van der Waals surface area contributed by atoms with E-state index in [1.54, 1.807) is 11.8 Å². The molecule has 1 aliphatic heterocycles. The maximum atomic E-state index is 11.0. The minimum atomic E-state index is -0.252. The molecule has 0 N–H and O–H groups in total. The van der Waals surface area contributed by atoms with Gasteiger partial charge in [-0.25, -0.2) is 9.67 Å². The van der Waals surface area contributed by atoms with Gasteiger partial charge in [-0.15, -0.1) is 5.10 Å². The van der Waals surface area contributed by atoms with Gasteiger partial charge in [0.05, 0.1) is 6.54 Å². The number of carbonyl (C=O) groups excluding carboxylic acids is 1. The van der Waals surface area contributed by atoms with E-state index in [4.69, 9.17) is 4.74 Å². The van der Waals surface area contributed by atoms with E-state index in [2.05, 4.69) is 17.0 Å². The fourth-order valence-electron chi connectivity index (χ4n) is 2.10. The Morgan fingerprint density at radius 1 is 1.40 bits per heavy atom. The second kappa shape index (κ2) is 5.28. The number of hydrogen-bond donors (Lipinski definition) is 0. The lowest BCUT2D eigenvalue weighted by Gasteiger charge is -2.21. The number of aryl methyl sites for hydroxylation is 1. The third kappa shape index (κ3) is 2.70. The topological polar surface area (TPSA) is 57.0 Å². The molecule has 20 heavy (non-hydrogen) atoms. The first-order valence-electron chi connectivity index (χ1n) is 6.44. The Bertz CT molecular complexity index is 636. The van der Waals surface area contributed by atoms with E-state index < -0.39 is 0 Å². The summed E-state index contributed by atoms with van der Waals surface area (Å²) in [6, 6.07) is 8.13. The van der Waals surface area contributed by atoms with Gasteiger partial charge in [-0.2, -0.15) is 0 Å². The molecule has 6 heteroatoms. The summed E-state index contributed by atoms with van der Waals surface area (Å²) in [5, 5.41) is 5.38. The number of carbonyl (C=O) groups is 1. The van der Waals surface area contributed by atoms with Crippen molar-refractivity contribution in [2.45, 2.75) is 31.7 Å². The third-order valence-corrected chi connectivity index (χ3v) is 4.15. The lowest BCUT2D eigenvalue weighted by atomic mass is 10.1. The van der Waals surface area contributed by atoms with Crippen LogP contribution in [0.1, 0.15) is 12.5 Å². The van der Waals surface area contributed by atoms with Crippen molar-refractivity contribution < 1.29 is 9.53 Å². The van der Waals surface area contributed by atoms with Crippen LogP contribution in [0.15, 0.2) is 29.4 Å². The van der Waals surface area contributed by atoms with Crippen molar-refractivity contribution in [2.24, 2.45) is 0 Å². The Labute approximate surface area is 121 Å². The van der Waals surface area contributed by atoms with Gasteiger partial charge in [0.1, 0.15) is 6.10 Å². The number of ether oxygens (including phenoxy) is 1. The maximum Gasteiger partial charge on any atom is 0.302 e. The monoisotopic (exact) mass is 289 g/mol. The summed E-state index contributed by atoms with van der Waals surface area (Å²) in [5.41, 5.74) is 2.21. The van der Waals surface area contributed by atoms with E-state index in [9.17, 15) is 4.79 Å².